The minimum Gasteiger partial charge on any atom is -0.349 e. The van der Waals surface area contributed by atoms with E-state index in [1.807, 2.05) is 0 Å². The van der Waals surface area contributed by atoms with Gasteiger partial charge in [0.2, 0.25) is 5.91 Å². The van der Waals surface area contributed by atoms with Crippen LogP contribution in [0.25, 0.3) is 0 Å². The van der Waals surface area contributed by atoms with Gasteiger partial charge in [-0.2, -0.15) is 0 Å². The van der Waals surface area contributed by atoms with Crippen molar-refractivity contribution in [3.05, 3.63) is 35.4 Å². The first kappa shape index (κ1) is 15.9. The van der Waals surface area contributed by atoms with E-state index in [4.69, 9.17) is 0 Å². The van der Waals surface area contributed by atoms with Crippen LogP contribution in [0.3, 0.4) is 0 Å². The molecule has 1 aliphatic heterocycles. The number of hydrogen-bond acceptors (Lipinski definition) is 2. The van der Waals surface area contributed by atoms with Crippen LogP contribution in [-0.4, -0.2) is 29.4 Å². The lowest BCUT2D eigenvalue weighted by molar-refractivity contribution is -0.119. The van der Waals surface area contributed by atoms with Crippen LogP contribution >= 0.6 is 0 Å². The summed E-state index contributed by atoms with van der Waals surface area (Å²) in [5, 5.41) is 3.21. The summed E-state index contributed by atoms with van der Waals surface area (Å²) in [6.45, 7) is 4.14. The van der Waals surface area contributed by atoms with Crippen molar-refractivity contribution in [2.45, 2.75) is 75.3 Å². The highest BCUT2D eigenvalue weighted by Gasteiger charge is 2.59. The third-order valence-electron chi connectivity index (χ3n) is 7.84. The van der Waals surface area contributed by atoms with E-state index in [1.165, 1.54) is 69.2 Å². The second-order valence-corrected chi connectivity index (χ2v) is 9.06. The van der Waals surface area contributed by atoms with Gasteiger partial charge >= 0.3 is 0 Å². The third-order valence-corrected chi connectivity index (χ3v) is 7.84. The molecule has 1 saturated heterocycles. The first-order valence-electron chi connectivity index (χ1n) is 10.2. The van der Waals surface area contributed by atoms with E-state index in [0.717, 1.165) is 12.3 Å². The van der Waals surface area contributed by atoms with Crippen molar-refractivity contribution in [1.29, 1.82) is 0 Å². The molecule has 1 heterocycles. The number of carbonyl (C=O) groups excluding carboxylic acids is 1. The molecule has 25 heavy (non-hydrogen) atoms. The largest absolute Gasteiger partial charge is 0.349 e. The monoisotopic (exact) mass is 340 g/mol. The van der Waals surface area contributed by atoms with E-state index < -0.39 is 0 Å². The molecular formula is C22H32N2O. The number of hydrogen-bond donors (Lipinski definition) is 1. The topological polar surface area (TPSA) is 32.3 Å². The number of nitrogens with zero attached hydrogens (tertiary/aromatic N) is 1. The van der Waals surface area contributed by atoms with Crippen molar-refractivity contribution in [2.75, 3.05) is 13.1 Å². The lowest BCUT2D eigenvalue weighted by Crippen LogP contribution is -2.49. The van der Waals surface area contributed by atoms with Gasteiger partial charge in [-0.15, -0.1) is 0 Å². The maximum absolute atomic E-state index is 11.7. The van der Waals surface area contributed by atoms with Crippen LogP contribution in [0.15, 0.2) is 24.3 Å². The third kappa shape index (κ3) is 2.38. The van der Waals surface area contributed by atoms with Crippen LogP contribution in [0, 0.1) is 5.92 Å². The van der Waals surface area contributed by atoms with Crippen molar-refractivity contribution in [1.82, 2.24) is 10.2 Å². The summed E-state index contributed by atoms with van der Waals surface area (Å²) in [4.78, 5) is 14.5. The fourth-order valence-electron chi connectivity index (χ4n) is 6.53. The molecule has 3 nitrogen and oxygen atoms in total. The van der Waals surface area contributed by atoms with Crippen molar-refractivity contribution in [2.24, 2.45) is 5.92 Å². The van der Waals surface area contributed by atoms with Gasteiger partial charge in [0.1, 0.15) is 0 Å². The molecule has 2 unspecified atom stereocenters. The van der Waals surface area contributed by atoms with E-state index >= 15 is 0 Å². The second kappa shape index (κ2) is 5.57. The summed E-state index contributed by atoms with van der Waals surface area (Å²) >= 11 is 0. The Morgan fingerprint density at radius 2 is 1.96 bits per heavy atom. The summed E-state index contributed by atoms with van der Waals surface area (Å²) in [6.07, 6.45) is 10.9. The Bertz CT molecular complexity index is 697. The average molecular weight is 341 g/mol. The molecule has 0 bridgehead atoms. The molecule has 3 fully saturated rings. The van der Waals surface area contributed by atoms with E-state index in [0.29, 0.717) is 5.54 Å². The van der Waals surface area contributed by atoms with Crippen molar-refractivity contribution < 1.29 is 6.22 Å². The zero-order valence-electron chi connectivity index (χ0n) is 15.4. The standard InChI is InChI=1S/C22H30N2O.H2/c1-16(25)23-20-15-21(19-8-3-2-7-18(19)20)10-12-24(13-11-21)22-9-5-4-6-17(22)14-22;/h2-3,7-8,17,20H,4-6,9-15H2,1H3,(H,23,25);1H/t17?,20-,22?;/m0./s1. The quantitative estimate of drug-likeness (QED) is 0.876. The molecule has 0 aromatic heterocycles. The highest BCUT2D eigenvalue weighted by Crippen LogP contribution is 2.60. The normalized spacial score (nSPS) is 35.9. The predicted molar refractivity (Wildman–Crippen MR) is 102 cm³/mol. The molecule has 0 radical (unpaired) electrons. The lowest BCUT2D eigenvalue weighted by atomic mass is 9.73. The molecule has 1 spiro atoms. The number of nitrogens with one attached hydrogen (secondary N) is 1. The molecule has 2 saturated carbocycles. The van der Waals surface area contributed by atoms with Gasteiger partial charge in [0, 0.05) is 19.3 Å². The number of likely N-dealkylation sites (tertiary alicyclic amines) is 1. The molecule has 1 aromatic carbocycles. The highest BCUT2D eigenvalue weighted by atomic mass is 16.1. The molecule has 3 atom stereocenters. The lowest BCUT2D eigenvalue weighted by Gasteiger charge is -2.45. The smallest absolute Gasteiger partial charge is 0.217 e. The predicted octanol–water partition coefficient (Wildman–Crippen LogP) is 4.18. The summed E-state index contributed by atoms with van der Waals surface area (Å²) in [5.74, 6) is 1.09. The van der Waals surface area contributed by atoms with Crippen LogP contribution in [0.4, 0.5) is 0 Å². The molecule has 3 aliphatic carbocycles. The summed E-state index contributed by atoms with van der Waals surface area (Å²) < 4.78 is 0. The van der Waals surface area contributed by atoms with Crippen molar-refractivity contribution in [3.8, 4) is 0 Å². The SMILES string of the molecule is CC(=O)N[C@H]1CC2(CCN(C34CCCCC3C4)CC2)c2ccccc21.[HH]. The van der Waals surface area contributed by atoms with Crippen LogP contribution < -0.4 is 5.32 Å². The number of carbonyl (C=O) groups is 1. The second-order valence-electron chi connectivity index (χ2n) is 9.06. The Morgan fingerprint density at radius 3 is 2.72 bits per heavy atom. The zero-order valence-corrected chi connectivity index (χ0v) is 15.4. The molecular weight excluding hydrogens is 308 g/mol. The Kier molecular flexibility index (Phi) is 3.54. The van der Waals surface area contributed by atoms with E-state index in [-0.39, 0.29) is 18.8 Å². The molecule has 1 amide bonds. The molecule has 5 rings (SSSR count). The van der Waals surface area contributed by atoms with Crippen molar-refractivity contribution >= 4 is 5.91 Å². The Morgan fingerprint density at radius 1 is 1.16 bits per heavy atom. The first-order chi connectivity index (χ1) is 12.1. The summed E-state index contributed by atoms with van der Waals surface area (Å²) in [5.41, 5.74) is 3.76. The van der Waals surface area contributed by atoms with Gasteiger partial charge in [-0.1, -0.05) is 37.1 Å². The van der Waals surface area contributed by atoms with Crippen LogP contribution in [0.5, 0.6) is 0 Å². The van der Waals surface area contributed by atoms with Gasteiger partial charge in [-0.3, -0.25) is 9.69 Å². The average Bonchev–Trinajstić information content (AvgIpc) is 3.31. The highest BCUT2D eigenvalue weighted by molar-refractivity contribution is 5.73. The number of benzene rings is 1. The Balaban J connectivity index is 0.00000168. The molecule has 1 aromatic rings. The van der Waals surface area contributed by atoms with Gasteiger partial charge in [-0.05, 0) is 68.7 Å². The minimum atomic E-state index is 0. The van der Waals surface area contributed by atoms with Gasteiger partial charge in [0.05, 0.1) is 6.04 Å². The zero-order chi connectivity index (χ0) is 17.1. The number of piperidine rings is 1. The van der Waals surface area contributed by atoms with Crippen LogP contribution in [-0.2, 0) is 10.2 Å². The van der Waals surface area contributed by atoms with Gasteiger partial charge < -0.3 is 5.32 Å². The first-order valence-corrected chi connectivity index (χ1v) is 10.2. The fourth-order valence-corrected chi connectivity index (χ4v) is 6.53. The van der Waals surface area contributed by atoms with Gasteiger partial charge in [-0.25, -0.2) is 0 Å². The number of rotatable bonds is 2. The van der Waals surface area contributed by atoms with Crippen molar-refractivity contribution in [3.63, 3.8) is 0 Å². The Hall–Kier alpha value is -1.35. The number of amides is 1. The van der Waals surface area contributed by atoms with Crippen LogP contribution in [0.1, 0.15) is 76.9 Å². The van der Waals surface area contributed by atoms with Gasteiger partial charge in [0.15, 0.2) is 0 Å². The molecule has 4 aliphatic rings. The minimum absolute atomic E-state index is 0. The van der Waals surface area contributed by atoms with Crippen LogP contribution in [0.2, 0.25) is 0 Å². The maximum Gasteiger partial charge on any atom is 0.217 e. The molecule has 1 N–H and O–H groups in total. The fraction of sp³-hybridized carbons (Fsp3) is 0.682. The summed E-state index contributed by atoms with van der Waals surface area (Å²) in [6, 6.07) is 9.07. The number of fused-ring (bicyclic) bond motifs is 3. The Labute approximate surface area is 152 Å². The van der Waals surface area contributed by atoms with Gasteiger partial charge in [0.25, 0.3) is 0 Å². The van der Waals surface area contributed by atoms with E-state index in [9.17, 15) is 4.79 Å². The van der Waals surface area contributed by atoms with E-state index in [1.54, 1.807) is 6.92 Å². The maximum atomic E-state index is 11.7. The molecule has 3 heteroatoms. The summed E-state index contributed by atoms with van der Waals surface area (Å²) in [7, 11) is 0. The van der Waals surface area contributed by atoms with E-state index in [2.05, 4.69) is 34.5 Å². The molecule has 136 valence electrons.